The molecule has 0 saturated carbocycles. The first kappa shape index (κ1) is 16.0. The van der Waals surface area contributed by atoms with Crippen LogP contribution in [-0.2, 0) is 0 Å². The maximum atomic E-state index is 10.8. The summed E-state index contributed by atoms with van der Waals surface area (Å²) in [6, 6.07) is 12.0. The number of benzene rings is 2. The predicted octanol–water partition coefficient (Wildman–Crippen LogP) is 5.17. The average Bonchev–Trinajstić information content (AvgIpc) is 3.33. The number of hydrogen-bond donors (Lipinski definition) is 1. The number of nitrogens with zero attached hydrogens (tertiary/aromatic N) is 4. The zero-order valence-corrected chi connectivity index (χ0v) is 15.2. The van der Waals surface area contributed by atoms with Gasteiger partial charge in [-0.25, -0.2) is 9.50 Å². The summed E-state index contributed by atoms with van der Waals surface area (Å²) in [5, 5.41) is 17.9. The molecule has 3 aromatic heterocycles. The summed E-state index contributed by atoms with van der Waals surface area (Å²) in [6.07, 6.45) is 3.73. The lowest BCUT2D eigenvalue weighted by Crippen LogP contribution is -1.87. The molecule has 5 rings (SSSR count). The van der Waals surface area contributed by atoms with Gasteiger partial charge in [0, 0.05) is 45.4 Å². The van der Waals surface area contributed by atoms with E-state index in [1.165, 1.54) is 23.5 Å². The van der Waals surface area contributed by atoms with Gasteiger partial charge >= 0.3 is 0 Å². The first-order valence-corrected chi connectivity index (χ1v) is 9.16. The Morgan fingerprint density at radius 1 is 1.19 bits per heavy atom. The highest BCUT2D eigenvalue weighted by Gasteiger charge is 2.15. The molecule has 132 valence electrons. The molecule has 1 N–H and O–H groups in total. The lowest BCUT2D eigenvalue weighted by Gasteiger charge is -1.96. The SMILES string of the molecule is O=[N+]([O-])c1ccc(-c2cn3nc(-c4c[nH]c5ccc(Cl)cc45)sc3n2)cc1. The fourth-order valence-corrected chi connectivity index (χ4v) is 4.06. The maximum absolute atomic E-state index is 10.8. The van der Waals surface area contributed by atoms with Gasteiger partial charge in [0.15, 0.2) is 0 Å². The highest BCUT2D eigenvalue weighted by Crippen LogP contribution is 2.34. The van der Waals surface area contributed by atoms with E-state index in [1.54, 1.807) is 16.6 Å². The van der Waals surface area contributed by atoms with E-state index < -0.39 is 4.92 Å². The van der Waals surface area contributed by atoms with Crippen molar-refractivity contribution in [3.05, 3.63) is 70.0 Å². The zero-order chi connectivity index (χ0) is 18.5. The Kier molecular flexibility index (Phi) is 3.49. The highest BCUT2D eigenvalue weighted by atomic mass is 35.5. The Balaban J connectivity index is 1.54. The van der Waals surface area contributed by atoms with E-state index in [0.29, 0.717) is 5.02 Å². The fraction of sp³-hybridized carbons (Fsp3) is 0. The maximum Gasteiger partial charge on any atom is 0.269 e. The van der Waals surface area contributed by atoms with Crippen molar-refractivity contribution in [3.8, 4) is 21.8 Å². The number of fused-ring (bicyclic) bond motifs is 2. The molecule has 27 heavy (non-hydrogen) atoms. The van der Waals surface area contributed by atoms with Crippen LogP contribution in [0.15, 0.2) is 54.9 Å². The minimum atomic E-state index is -0.420. The van der Waals surface area contributed by atoms with E-state index >= 15 is 0 Å². The molecule has 0 saturated heterocycles. The Morgan fingerprint density at radius 2 is 2.00 bits per heavy atom. The smallest absolute Gasteiger partial charge is 0.269 e. The number of H-pyrrole nitrogens is 1. The molecule has 0 fully saturated rings. The number of nitro benzene ring substituents is 1. The minimum absolute atomic E-state index is 0.0539. The highest BCUT2D eigenvalue weighted by molar-refractivity contribution is 7.20. The van der Waals surface area contributed by atoms with Gasteiger partial charge in [-0.1, -0.05) is 22.9 Å². The Bertz CT molecular complexity index is 1290. The molecule has 0 radical (unpaired) electrons. The molecule has 0 spiro atoms. The molecule has 5 aromatic rings. The minimum Gasteiger partial charge on any atom is -0.360 e. The number of nitro groups is 1. The third-order valence-corrected chi connectivity index (χ3v) is 5.48. The van der Waals surface area contributed by atoms with Gasteiger partial charge < -0.3 is 4.98 Å². The van der Waals surface area contributed by atoms with Gasteiger partial charge in [-0.2, -0.15) is 5.10 Å². The molecular formula is C18H10ClN5O2S. The first-order valence-electron chi connectivity index (χ1n) is 7.96. The van der Waals surface area contributed by atoms with E-state index in [4.69, 9.17) is 11.6 Å². The van der Waals surface area contributed by atoms with E-state index in [0.717, 1.165) is 37.7 Å². The lowest BCUT2D eigenvalue weighted by atomic mass is 10.1. The summed E-state index contributed by atoms with van der Waals surface area (Å²) in [7, 11) is 0. The number of imidazole rings is 1. The first-order chi connectivity index (χ1) is 13.1. The number of non-ortho nitro benzene ring substituents is 1. The van der Waals surface area contributed by atoms with Crippen molar-refractivity contribution in [1.82, 2.24) is 19.6 Å². The largest absolute Gasteiger partial charge is 0.360 e. The number of halogens is 1. The summed E-state index contributed by atoms with van der Waals surface area (Å²) < 4.78 is 1.72. The number of aromatic nitrogens is 4. The molecule has 0 atom stereocenters. The molecule has 0 aliphatic heterocycles. The van der Waals surface area contributed by atoms with Gasteiger partial charge in [0.05, 0.1) is 16.8 Å². The Hall–Kier alpha value is -3.23. The molecule has 9 heteroatoms. The molecule has 3 heterocycles. The number of aromatic amines is 1. The van der Waals surface area contributed by atoms with Crippen molar-refractivity contribution in [1.29, 1.82) is 0 Å². The average molecular weight is 396 g/mol. The van der Waals surface area contributed by atoms with Crippen LogP contribution in [0, 0.1) is 10.1 Å². The second-order valence-corrected chi connectivity index (χ2v) is 7.35. The van der Waals surface area contributed by atoms with E-state index in [2.05, 4.69) is 15.1 Å². The second kappa shape index (κ2) is 5.90. The van der Waals surface area contributed by atoms with E-state index in [1.807, 2.05) is 30.6 Å². The predicted molar refractivity (Wildman–Crippen MR) is 105 cm³/mol. The van der Waals surface area contributed by atoms with Crippen LogP contribution >= 0.6 is 22.9 Å². The van der Waals surface area contributed by atoms with Crippen LogP contribution in [0.25, 0.3) is 37.7 Å². The van der Waals surface area contributed by atoms with Crippen LogP contribution in [-0.4, -0.2) is 24.5 Å². The summed E-state index contributed by atoms with van der Waals surface area (Å²) in [5.41, 5.74) is 3.54. The third-order valence-electron chi connectivity index (χ3n) is 4.29. The zero-order valence-electron chi connectivity index (χ0n) is 13.6. The molecule has 0 aliphatic carbocycles. The van der Waals surface area contributed by atoms with Crippen LogP contribution < -0.4 is 0 Å². The molecule has 0 amide bonds. The number of hydrogen-bond acceptors (Lipinski definition) is 5. The van der Waals surface area contributed by atoms with E-state index in [9.17, 15) is 10.1 Å². The van der Waals surface area contributed by atoms with E-state index in [-0.39, 0.29) is 5.69 Å². The fourth-order valence-electron chi connectivity index (χ4n) is 2.97. The van der Waals surface area contributed by atoms with Gasteiger partial charge in [0.1, 0.15) is 5.01 Å². The second-order valence-electron chi connectivity index (χ2n) is 5.96. The van der Waals surface area contributed by atoms with Gasteiger partial charge in [-0.3, -0.25) is 10.1 Å². The summed E-state index contributed by atoms with van der Waals surface area (Å²) in [6.45, 7) is 0. The third kappa shape index (κ3) is 2.66. The van der Waals surface area contributed by atoms with Gasteiger partial charge in [0.25, 0.3) is 5.69 Å². The molecule has 7 nitrogen and oxygen atoms in total. The van der Waals surface area contributed by atoms with Crippen LogP contribution in [0.4, 0.5) is 5.69 Å². The van der Waals surface area contributed by atoms with Crippen molar-refractivity contribution < 1.29 is 4.92 Å². The summed E-state index contributed by atoms with van der Waals surface area (Å²) in [4.78, 5) is 18.9. The number of rotatable bonds is 3. The lowest BCUT2D eigenvalue weighted by molar-refractivity contribution is -0.384. The van der Waals surface area contributed by atoms with Crippen LogP contribution in [0.2, 0.25) is 5.02 Å². The molecule has 0 unspecified atom stereocenters. The molecule has 2 aromatic carbocycles. The van der Waals surface area contributed by atoms with Crippen LogP contribution in [0.5, 0.6) is 0 Å². The summed E-state index contributed by atoms with van der Waals surface area (Å²) >= 11 is 7.59. The number of nitrogens with one attached hydrogen (secondary N) is 1. The topological polar surface area (TPSA) is 89.1 Å². The Morgan fingerprint density at radius 3 is 2.74 bits per heavy atom. The van der Waals surface area contributed by atoms with Crippen molar-refractivity contribution in [2.45, 2.75) is 0 Å². The van der Waals surface area contributed by atoms with Crippen LogP contribution in [0.1, 0.15) is 0 Å². The van der Waals surface area contributed by atoms with Crippen molar-refractivity contribution in [2.24, 2.45) is 0 Å². The monoisotopic (exact) mass is 395 g/mol. The molecule has 0 bridgehead atoms. The van der Waals surface area contributed by atoms with Crippen molar-refractivity contribution >= 4 is 44.5 Å². The summed E-state index contributed by atoms with van der Waals surface area (Å²) in [5.74, 6) is 0. The van der Waals surface area contributed by atoms with Gasteiger partial charge in [-0.15, -0.1) is 0 Å². The Labute approximate surface area is 161 Å². The van der Waals surface area contributed by atoms with Crippen molar-refractivity contribution in [2.75, 3.05) is 0 Å². The van der Waals surface area contributed by atoms with Gasteiger partial charge in [-0.05, 0) is 30.3 Å². The quantitative estimate of drug-likeness (QED) is 0.337. The van der Waals surface area contributed by atoms with Crippen molar-refractivity contribution in [3.63, 3.8) is 0 Å². The normalized spacial score (nSPS) is 11.4. The molecule has 0 aliphatic rings. The van der Waals surface area contributed by atoms with Crippen LogP contribution in [0.3, 0.4) is 0 Å². The molecular weight excluding hydrogens is 386 g/mol. The van der Waals surface area contributed by atoms with Gasteiger partial charge in [0.2, 0.25) is 4.96 Å². The standard InChI is InChI=1S/C18H10ClN5O2S/c19-11-3-6-15-13(7-11)14(8-20-15)17-22-23-9-16(21-18(23)27-17)10-1-4-12(5-2-10)24(25)26/h1-9,20H.